The van der Waals surface area contributed by atoms with E-state index in [0.29, 0.717) is 44.7 Å². The molecule has 7 nitrogen and oxygen atoms in total. The molecule has 1 saturated heterocycles. The van der Waals surface area contributed by atoms with Crippen molar-refractivity contribution in [3.8, 4) is 0 Å². The van der Waals surface area contributed by atoms with Gasteiger partial charge in [-0.3, -0.25) is 4.99 Å². The zero-order valence-electron chi connectivity index (χ0n) is 13.8. The Morgan fingerprint density at radius 3 is 2.36 bits per heavy atom. The minimum atomic E-state index is -3.22. The molecule has 132 valence electrons. The smallest absolute Gasteiger partial charge is 0.215 e. The molecule has 0 bridgehead atoms. The molecule has 1 aliphatic rings. The van der Waals surface area contributed by atoms with Gasteiger partial charge in [0.05, 0.1) is 19.0 Å². The van der Waals surface area contributed by atoms with Gasteiger partial charge >= 0.3 is 0 Å². The Labute approximate surface area is 151 Å². The van der Waals surface area contributed by atoms with Gasteiger partial charge in [0.1, 0.15) is 0 Å². The summed E-state index contributed by atoms with van der Waals surface area (Å²) < 4.78 is 31.0. The molecular weight excluding hydrogens is 419 g/mol. The van der Waals surface area contributed by atoms with Crippen LogP contribution in [0.15, 0.2) is 4.99 Å². The minimum Gasteiger partial charge on any atom is -0.379 e. The average Bonchev–Trinajstić information content (AvgIpc) is 2.46. The minimum absolute atomic E-state index is 0. The maximum Gasteiger partial charge on any atom is 0.215 e. The maximum atomic E-state index is 12.2. The average molecular weight is 448 g/mol. The van der Waals surface area contributed by atoms with Crippen molar-refractivity contribution in [2.24, 2.45) is 10.9 Å². The van der Waals surface area contributed by atoms with Crippen LogP contribution < -0.4 is 10.6 Å². The Balaban J connectivity index is 0.00000441. The van der Waals surface area contributed by atoms with Gasteiger partial charge in [-0.15, -0.1) is 24.0 Å². The molecule has 0 aromatic rings. The number of sulfonamides is 1. The van der Waals surface area contributed by atoms with E-state index in [1.807, 2.05) is 0 Å². The summed E-state index contributed by atoms with van der Waals surface area (Å²) in [5.74, 6) is 1.16. The maximum absolute atomic E-state index is 12.2. The lowest BCUT2D eigenvalue weighted by Crippen LogP contribution is -2.47. The van der Waals surface area contributed by atoms with Crippen LogP contribution in [0.25, 0.3) is 0 Å². The van der Waals surface area contributed by atoms with Gasteiger partial charge in [-0.2, -0.15) is 4.31 Å². The Hall–Kier alpha value is -0.130. The van der Waals surface area contributed by atoms with Crippen molar-refractivity contribution in [1.82, 2.24) is 14.9 Å². The zero-order chi connectivity index (χ0) is 15.9. The van der Waals surface area contributed by atoms with Crippen LogP contribution in [0.2, 0.25) is 0 Å². The molecule has 1 unspecified atom stereocenters. The summed E-state index contributed by atoms with van der Waals surface area (Å²) in [7, 11) is -1.54. The summed E-state index contributed by atoms with van der Waals surface area (Å²) in [5.41, 5.74) is 0. The topological polar surface area (TPSA) is 83.0 Å². The number of nitrogens with one attached hydrogen (secondary N) is 2. The third-order valence-corrected chi connectivity index (χ3v) is 5.48. The molecule has 1 atom stereocenters. The second kappa shape index (κ2) is 10.6. The van der Waals surface area contributed by atoms with Crippen LogP contribution in [-0.2, 0) is 14.8 Å². The zero-order valence-corrected chi connectivity index (χ0v) is 17.0. The first kappa shape index (κ1) is 21.9. The molecule has 0 amide bonds. The lowest BCUT2D eigenvalue weighted by molar-refractivity contribution is 0.0730. The van der Waals surface area contributed by atoms with Gasteiger partial charge in [-0.05, 0) is 12.8 Å². The van der Waals surface area contributed by atoms with Gasteiger partial charge in [0.25, 0.3) is 0 Å². The summed E-state index contributed by atoms with van der Waals surface area (Å²) in [6, 6.07) is 0.270. The molecule has 1 fully saturated rings. The molecule has 0 radical (unpaired) electrons. The van der Waals surface area contributed by atoms with Crippen molar-refractivity contribution >= 4 is 40.0 Å². The first-order chi connectivity index (χ1) is 9.86. The predicted octanol–water partition coefficient (Wildman–Crippen LogP) is 0.476. The number of ether oxygens (including phenoxy) is 1. The summed E-state index contributed by atoms with van der Waals surface area (Å²) in [5, 5.41) is 6.29. The van der Waals surface area contributed by atoms with E-state index in [2.05, 4.69) is 36.4 Å². The molecule has 0 spiro atoms. The second-order valence-electron chi connectivity index (χ2n) is 5.50. The highest BCUT2D eigenvalue weighted by molar-refractivity contribution is 14.0. The fourth-order valence-electron chi connectivity index (χ4n) is 1.83. The van der Waals surface area contributed by atoms with E-state index in [1.54, 1.807) is 7.05 Å². The Morgan fingerprint density at radius 2 is 1.86 bits per heavy atom. The fourth-order valence-corrected chi connectivity index (χ4v) is 3.15. The molecule has 2 N–H and O–H groups in total. The van der Waals surface area contributed by atoms with Crippen molar-refractivity contribution in [3.63, 3.8) is 0 Å². The van der Waals surface area contributed by atoms with Crippen LogP contribution in [0.5, 0.6) is 0 Å². The lowest BCUT2D eigenvalue weighted by Gasteiger charge is -2.26. The molecule has 1 heterocycles. The Bertz CT molecular complexity index is 437. The monoisotopic (exact) mass is 448 g/mol. The molecule has 0 aromatic carbocycles. The first-order valence-electron chi connectivity index (χ1n) is 7.39. The first-order valence-corrected chi connectivity index (χ1v) is 9.00. The van der Waals surface area contributed by atoms with E-state index in [1.165, 1.54) is 4.31 Å². The van der Waals surface area contributed by atoms with Gasteiger partial charge in [0, 0.05) is 32.7 Å². The highest BCUT2D eigenvalue weighted by atomic mass is 127. The van der Waals surface area contributed by atoms with Crippen LogP contribution in [0.4, 0.5) is 0 Å². The Morgan fingerprint density at radius 1 is 1.27 bits per heavy atom. The lowest BCUT2D eigenvalue weighted by atomic mass is 10.1. The Kier molecular flexibility index (Phi) is 10.5. The van der Waals surface area contributed by atoms with Crippen LogP contribution in [0.3, 0.4) is 0 Å². The van der Waals surface area contributed by atoms with Gasteiger partial charge in [0.2, 0.25) is 10.0 Å². The third-order valence-electron chi connectivity index (χ3n) is 3.60. The van der Waals surface area contributed by atoms with Crippen molar-refractivity contribution < 1.29 is 13.2 Å². The number of aliphatic imine (C=N–C) groups is 1. The highest BCUT2D eigenvalue weighted by Gasteiger charge is 2.23. The number of guanidine groups is 1. The second-order valence-corrected chi connectivity index (χ2v) is 7.59. The van der Waals surface area contributed by atoms with Crippen LogP contribution in [0, 0.1) is 5.92 Å². The third kappa shape index (κ3) is 7.42. The summed E-state index contributed by atoms with van der Waals surface area (Å²) in [6.07, 6.45) is 0. The van der Waals surface area contributed by atoms with E-state index < -0.39 is 10.0 Å². The quantitative estimate of drug-likeness (QED) is 0.351. The van der Waals surface area contributed by atoms with Crippen LogP contribution in [-0.4, -0.2) is 70.4 Å². The SMILES string of the molecule is CN=C(NCCS(=O)(=O)N1CCOCC1)NC(C)C(C)C.I. The van der Waals surface area contributed by atoms with E-state index >= 15 is 0 Å². The summed E-state index contributed by atoms with van der Waals surface area (Å²) >= 11 is 0. The van der Waals surface area contributed by atoms with Gasteiger partial charge in [-0.25, -0.2) is 8.42 Å². The van der Waals surface area contributed by atoms with E-state index in [-0.39, 0.29) is 35.8 Å². The molecular formula is C13H29IN4O3S. The standard InChI is InChI=1S/C13H28N4O3S.HI/c1-11(2)12(3)16-13(14-4)15-5-10-21(18,19)17-6-8-20-9-7-17;/h11-12H,5-10H2,1-4H3,(H2,14,15,16);1H. The van der Waals surface area contributed by atoms with Gasteiger partial charge in [0.15, 0.2) is 5.96 Å². The van der Waals surface area contributed by atoms with Crippen molar-refractivity contribution in [2.75, 3.05) is 45.6 Å². The van der Waals surface area contributed by atoms with Crippen LogP contribution in [0.1, 0.15) is 20.8 Å². The van der Waals surface area contributed by atoms with Crippen molar-refractivity contribution in [2.45, 2.75) is 26.8 Å². The molecule has 22 heavy (non-hydrogen) atoms. The summed E-state index contributed by atoms with van der Waals surface area (Å²) in [6.45, 7) is 8.48. The predicted molar refractivity (Wildman–Crippen MR) is 100 cm³/mol. The number of halogens is 1. The van der Waals surface area contributed by atoms with E-state index in [4.69, 9.17) is 4.74 Å². The van der Waals surface area contributed by atoms with E-state index in [0.717, 1.165) is 0 Å². The van der Waals surface area contributed by atoms with Crippen molar-refractivity contribution in [3.05, 3.63) is 0 Å². The molecule has 0 aliphatic carbocycles. The van der Waals surface area contributed by atoms with Crippen LogP contribution >= 0.6 is 24.0 Å². The van der Waals surface area contributed by atoms with E-state index in [9.17, 15) is 8.42 Å². The fraction of sp³-hybridized carbons (Fsp3) is 0.923. The normalized spacial score (nSPS) is 18.7. The number of morpholine rings is 1. The number of rotatable bonds is 6. The molecule has 1 rings (SSSR count). The molecule has 0 aromatic heterocycles. The molecule has 9 heteroatoms. The number of nitrogens with zero attached hydrogens (tertiary/aromatic N) is 2. The van der Waals surface area contributed by atoms with Gasteiger partial charge in [-0.1, -0.05) is 13.8 Å². The number of hydrogen-bond donors (Lipinski definition) is 2. The number of hydrogen-bond acceptors (Lipinski definition) is 4. The highest BCUT2D eigenvalue weighted by Crippen LogP contribution is 2.05. The summed E-state index contributed by atoms with van der Waals surface area (Å²) in [4.78, 5) is 4.11. The van der Waals surface area contributed by atoms with Crippen molar-refractivity contribution in [1.29, 1.82) is 0 Å². The molecule has 1 aliphatic heterocycles. The molecule has 0 saturated carbocycles. The largest absolute Gasteiger partial charge is 0.379 e. The van der Waals surface area contributed by atoms with Gasteiger partial charge < -0.3 is 15.4 Å².